The molecule has 1 fully saturated rings. The van der Waals surface area contributed by atoms with E-state index in [4.69, 9.17) is 0 Å². The summed E-state index contributed by atoms with van der Waals surface area (Å²) in [7, 11) is -2.92. The lowest BCUT2D eigenvalue weighted by Gasteiger charge is -2.08. The molecule has 0 saturated carbocycles. The number of rotatable bonds is 4. The Morgan fingerprint density at radius 1 is 1.43 bits per heavy atom. The summed E-state index contributed by atoms with van der Waals surface area (Å²) in [6.07, 6.45) is 4.45. The van der Waals surface area contributed by atoms with Crippen molar-refractivity contribution in [2.75, 3.05) is 11.5 Å². The van der Waals surface area contributed by atoms with Crippen LogP contribution in [0, 0.1) is 5.92 Å². The molecule has 21 heavy (non-hydrogen) atoms. The molecule has 1 atom stereocenters. The van der Waals surface area contributed by atoms with Gasteiger partial charge < -0.3 is 5.32 Å². The van der Waals surface area contributed by atoms with Crippen LogP contribution < -0.4 is 5.32 Å². The molecule has 0 bridgehead atoms. The smallest absolute Gasteiger partial charge is 0.220 e. The summed E-state index contributed by atoms with van der Waals surface area (Å²) in [5.74, 6) is 0.196. The first-order valence-electron chi connectivity index (χ1n) is 6.92. The molecule has 0 spiro atoms. The zero-order valence-electron chi connectivity index (χ0n) is 11.5. The Bertz CT molecular complexity index is 767. The van der Waals surface area contributed by atoms with Gasteiger partial charge >= 0.3 is 0 Å². The maximum absolute atomic E-state index is 11.9. The molecule has 2 aromatic rings. The van der Waals surface area contributed by atoms with E-state index in [0.717, 1.165) is 11.1 Å². The van der Waals surface area contributed by atoms with Crippen LogP contribution in [0.15, 0.2) is 30.6 Å². The summed E-state index contributed by atoms with van der Waals surface area (Å²) in [5.41, 5.74) is 1.91. The van der Waals surface area contributed by atoms with Gasteiger partial charge in [-0.2, -0.15) is 5.10 Å². The quantitative estimate of drug-likeness (QED) is 0.905. The molecule has 7 heteroatoms. The molecule has 0 aliphatic carbocycles. The van der Waals surface area contributed by atoms with Crippen molar-refractivity contribution in [3.63, 3.8) is 0 Å². The fraction of sp³-hybridized carbons (Fsp3) is 0.429. The number of carbonyl (C=O) groups is 1. The van der Waals surface area contributed by atoms with Crippen molar-refractivity contribution in [3.05, 3.63) is 36.2 Å². The number of aromatic nitrogens is 2. The van der Waals surface area contributed by atoms with Crippen LogP contribution in [0.1, 0.15) is 18.4 Å². The second kappa shape index (κ2) is 5.48. The molecular weight excluding hydrogens is 290 g/mol. The third-order valence-corrected chi connectivity index (χ3v) is 5.62. The van der Waals surface area contributed by atoms with Crippen LogP contribution in [0.25, 0.3) is 5.52 Å². The summed E-state index contributed by atoms with van der Waals surface area (Å²) in [6, 6.07) is 5.76. The number of fused-ring (bicyclic) bond motifs is 1. The van der Waals surface area contributed by atoms with E-state index in [0.29, 0.717) is 13.0 Å². The summed E-state index contributed by atoms with van der Waals surface area (Å²) in [5, 5.41) is 7.05. The number of carbonyl (C=O) groups excluding carboxylic acids is 1. The number of nitrogens with zero attached hydrogens (tertiary/aromatic N) is 2. The van der Waals surface area contributed by atoms with Gasteiger partial charge in [-0.1, -0.05) is 6.07 Å². The van der Waals surface area contributed by atoms with Crippen molar-refractivity contribution in [1.82, 2.24) is 14.9 Å². The van der Waals surface area contributed by atoms with Crippen molar-refractivity contribution >= 4 is 21.3 Å². The fourth-order valence-corrected chi connectivity index (χ4v) is 4.55. The van der Waals surface area contributed by atoms with Crippen LogP contribution >= 0.6 is 0 Å². The van der Waals surface area contributed by atoms with Gasteiger partial charge in [-0.25, -0.2) is 12.9 Å². The van der Waals surface area contributed by atoms with Gasteiger partial charge in [0.2, 0.25) is 5.91 Å². The monoisotopic (exact) mass is 307 g/mol. The lowest BCUT2D eigenvalue weighted by Crippen LogP contribution is -2.25. The zero-order chi connectivity index (χ0) is 14.9. The number of amides is 1. The van der Waals surface area contributed by atoms with E-state index in [1.54, 1.807) is 10.7 Å². The highest BCUT2D eigenvalue weighted by molar-refractivity contribution is 7.91. The summed E-state index contributed by atoms with van der Waals surface area (Å²) < 4.78 is 24.5. The largest absolute Gasteiger partial charge is 0.352 e. The normalized spacial score (nSPS) is 20.7. The molecule has 6 nitrogen and oxygen atoms in total. The molecule has 2 aromatic heterocycles. The lowest BCUT2D eigenvalue weighted by atomic mass is 10.1. The molecule has 0 unspecified atom stereocenters. The third-order valence-electron chi connectivity index (χ3n) is 3.78. The molecule has 112 valence electrons. The molecular formula is C14H17N3O3S. The Morgan fingerprint density at radius 3 is 3.05 bits per heavy atom. The van der Waals surface area contributed by atoms with Crippen LogP contribution in [0.5, 0.6) is 0 Å². The van der Waals surface area contributed by atoms with Crippen LogP contribution in [0.4, 0.5) is 0 Å². The predicted molar refractivity (Wildman–Crippen MR) is 78.4 cm³/mol. The molecule has 0 aromatic carbocycles. The second-order valence-corrected chi connectivity index (χ2v) is 7.68. The third kappa shape index (κ3) is 3.24. The number of nitrogens with one attached hydrogen (secondary N) is 1. The SMILES string of the molecule is O=C(C[C@H]1CCS(=O)(=O)C1)NCc1cnn2ccccc12. The lowest BCUT2D eigenvalue weighted by molar-refractivity contribution is -0.122. The van der Waals surface area contributed by atoms with Gasteiger partial charge in [-0.05, 0) is 24.5 Å². The molecule has 3 rings (SSSR count). The minimum atomic E-state index is -2.92. The Morgan fingerprint density at radius 2 is 2.29 bits per heavy atom. The van der Waals surface area contributed by atoms with Crippen molar-refractivity contribution < 1.29 is 13.2 Å². The number of sulfone groups is 1. The summed E-state index contributed by atoms with van der Waals surface area (Å²) >= 11 is 0. The van der Waals surface area contributed by atoms with Gasteiger partial charge in [0.1, 0.15) is 0 Å². The minimum absolute atomic E-state index is 0.0427. The number of hydrogen-bond donors (Lipinski definition) is 1. The number of pyridine rings is 1. The Balaban J connectivity index is 1.57. The van der Waals surface area contributed by atoms with Gasteiger partial charge in [-0.15, -0.1) is 0 Å². The van der Waals surface area contributed by atoms with Gasteiger partial charge in [0.05, 0.1) is 23.2 Å². The fourth-order valence-electron chi connectivity index (χ4n) is 2.68. The molecule has 3 heterocycles. The van der Waals surface area contributed by atoms with E-state index in [9.17, 15) is 13.2 Å². The van der Waals surface area contributed by atoms with E-state index in [-0.39, 0.29) is 29.8 Å². The van der Waals surface area contributed by atoms with Crippen molar-refractivity contribution in [1.29, 1.82) is 0 Å². The average molecular weight is 307 g/mol. The van der Waals surface area contributed by atoms with Crippen LogP contribution in [-0.2, 0) is 21.2 Å². The van der Waals surface area contributed by atoms with E-state index < -0.39 is 9.84 Å². The Labute approximate surface area is 123 Å². The van der Waals surface area contributed by atoms with Crippen LogP contribution in [0.2, 0.25) is 0 Å². The van der Waals surface area contributed by atoms with Gasteiger partial charge in [-0.3, -0.25) is 4.79 Å². The average Bonchev–Trinajstić information content (AvgIpc) is 3.00. The number of hydrogen-bond acceptors (Lipinski definition) is 4. The van der Waals surface area contributed by atoms with Gasteiger partial charge in [0.25, 0.3) is 0 Å². The molecule has 1 aliphatic heterocycles. The molecule has 1 aliphatic rings. The highest BCUT2D eigenvalue weighted by atomic mass is 32.2. The van der Waals surface area contributed by atoms with Crippen molar-refractivity contribution in [2.24, 2.45) is 5.92 Å². The Hall–Kier alpha value is -1.89. The molecule has 0 radical (unpaired) electrons. The topological polar surface area (TPSA) is 80.5 Å². The zero-order valence-corrected chi connectivity index (χ0v) is 12.3. The first-order chi connectivity index (χ1) is 10.0. The van der Waals surface area contributed by atoms with Gasteiger partial charge in [0, 0.05) is 24.7 Å². The van der Waals surface area contributed by atoms with Crippen LogP contribution in [0.3, 0.4) is 0 Å². The first-order valence-corrected chi connectivity index (χ1v) is 8.74. The molecule has 1 amide bonds. The van der Waals surface area contributed by atoms with Gasteiger partial charge in [0.15, 0.2) is 9.84 Å². The minimum Gasteiger partial charge on any atom is -0.352 e. The molecule has 1 N–H and O–H groups in total. The molecule has 1 saturated heterocycles. The second-order valence-electron chi connectivity index (χ2n) is 5.45. The van der Waals surface area contributed by atoms with Crippen molar-refractivity contribution in [2.45, 2.75) is 19.4 Å². The highest BCUT2D eigenvalue weighted by Crippen LogP contribution is 2.21. The maximum atomic E-state index is 11.9. The first kappa shape index (κ1) is 14.1. The maximum Gasteiger partial charge on any atom is 0.220 e. The predicted octanol–water partition coefficient (Wildman–Crippen LogP) is 0.775. The van der Waals surface area contributed by atoms with Crippen molar-refractivity contribution in [3.8, 4) is 0 Å². The summed E-state index contributed by atoms with van der Waals surface area (Å²) in [6.45, 7) is 0.409. The highest BCUT2D eigenvalue weighted by Gasteiger charge is 2.29. The van der Waals surface area contributed by atoms with E-state index >= 15 is 0 Å². The van der Waals surface area contributed by atoms with E-state index in [1.807, 2.05) is 24.4 Å². The summed E-state index contributed by atoms with van der Waals surface area (Å²) in [4.78, 5) is 11.9. The van der Waals surface area contributed by atoms with E-state index in [1.165, 1.54) is 0 Å². The standard InChI is InChI=1S/C14H17N3O3S/c18-14(7-11-4-6-21(19,20)10-11)15-8-12-9-16-17-5-2-1-3-13(12)17/h1-3,5,9,11H,4,6-8,10H2,(H,15,18)/t11-/m1/s1. The Kier molecular flexibility index (Phi) is 3.67. The van der Waals surface area contributed by atoms with Crippen LogP contribution in [-0.4, -0.2) is 35.4 Å². The van der Waals surface area contributed by atoms with E-state index in [2.05, 4.69) is 10.4 Å².